The monoisotopic (exact) mass is 237 g/mol. The highest BCUT2D eigenvalue weighted by Crippen LogP contribution is 2.06. The average molecular weight is 237 g/mol. The molecule has 0 saturated carbocycles. The summed E-state index contributed by atoms with van der Waals surface area (Å²) >= 11 is 1.92. The van der Waals surface area contributed by atoms with Crippen LogP contribution in [0.2, 0.25) is 0 Å². The molecule has 0 aliphatic carbocycles. The van der Waals surface area contributed by atoms with Gasteiger partial charge in [-0.1, -0.05) is 0 Å². The second-order valence-electron chi connectivity index (χ2n) is 1.35. The second-order valence-corrected chi connectivity index (χ2v) is 2.37. The predicted molar refractivity (Wildman–Crippen MR) is 41.4 cm³/mol. The summed E-state index contributed by atoms with van der Waals surface area (Å²) in [5.74, 6) is 0.427. The summed E-state index contributed by atoms with van der Waals surface area (Å²) in [6.45, 7) is 0. The maximum atomic E-state index is 5.32. The van der Waals surface area contributed by atoms with Crippen LogP contribution in [-0.4, -0.2) is 15.2 Å². The minimum atomic E-state index is 0.105. The molecule has 0 unspecified atom stereocenters. The zero-order chi connectivity index (χ0) is 6.85. The Morgan fingerprint density at radius 1 is 1.22 bits per heavy atom. The molecule has 1 aromatic rings. The number of aromatic nitrogens is 3. The lowest BCUT2D eigenvalue weighted by atomic mass is 10.7. The Morgan fingerprint density at radius 3 is 2.33 bits per heavy atom. The van der Waals surface area contributed by atoms with Gasteiger partial charge in [0.25, 0.3) is 0 Å². The zero-order valence-corrected chi connectivity index (χ0v) is 6.53. The SMILES string of the molecule is Nc1nnc(I)c(N)n1. The van der Waals surface area contributed by atoms with Gasteiger partial charge in [-0.3, -0.25) is 0 Å². The van der Waals surface area contributed by atoms with E-state index in [9.17, 15) is 0 Å². The molecule has 5 nitrogen and oxygen atoms in total. The van der Waals surface area contributed by atoms with Gasteiger partial charge in [-0.25, -0.2) is 0 Å². The van der Waals surface area contributed by atoms with E-state index in [0.29, 0.717) is 9.52 Å². The van der Waals surface area contributed by atoms with E-state index in [-0.39, 0.29) is 5.95 Å². The third-order valence-electron chi connectivity index (χ3n) is 0.687. The van der Waals surface area contributed by atoms with E-state index in [1.807, 2.05) is 22.6 Å². The third kappa shape index (κ3) is 1.37. The van der Waals surface area contributed by atoms with Gasteiger partial charge in [0.05, 0.1) is 0 Å². The van der Waals surface area contributed by atoms with Gasteiger partial charge in [0.15, 0.2) is 9.52 Å². The minimum Gasteiger partial charge on any atom is -0.381 e. The van der Waals surface area contributed by atoms with E-state index < -0.39 is 0 Å². The molecule has 1 rings (SSSR count). The van der Waals surface area contributed by atoms with Crippen LogP contribution >= 0.6 is 22.6 Å². The van der Waals surface area contributed by atoms with Crippen LogP contribution in [0.5, 0.6) is 0 Å². The maximum Gasteiger partial charge on any atom is 0.242 e. The van der Waals surface area contributed by atoms with Gasteiger partial charge in [-0.2, -0.15) is 4.98 Å². The van der Waals surface area contributed by atoms with E-state index in [1.54, 1.807) is 0 Å². The van der Waals surface area contributed by atoms with Gasteiger partial charge < -0.3 is 11.5 Å². The lowest BCUT2D eigenvalue weighted by molar-refractivity contribution is 0.966. The first kappa shape index (κ1) is 6.46. The number of hydrogen-bond donors (Lipinski definition) is 2. The topological polar surface area (TPSA) is 90.7 Å². The molecule has 1 heterocycles. The van der Waals surface area contributed by atoms with Gasteiger partial charge in [0.2, 0.25) is 5.95 Å². The number of anilines is 2. The Morgan fingerprint density at radius 2 is 1.89 bits per heavy atom. The Hall–Kier alpha value is -0.660. The molecular weight excluding hydrogens is 233 g/mol. The summed E-state index contributed by atoms with van der Waals surface area (Å²) in [6, 6.07) is 0. The third-order valence-corrected chi connectivity index (χ3v) is 1.45. The molecule has 9 heavy (non-hydrogen) atoms. The average Bonchev–Trinajstić information content (AvgIpc) is 1.80. The molecule has 0 amide bonds. The van der Waals surface area contributed by atoms with Crippen LogP contribution < -0.4 is 11.5 Å². The van der Waals surface area contributed by atoms with Crippen molar-refractivity contribution in [2.75, 3.05) is 11.5 Å². The molecule has 0 aliphatic heterocycles. The fraction of sp³-hybridized carbons (Fsp3) is 0. The second kappa shape index (κ2) is 2.29. The number of nitrogen functional groups attached to an aromatic ring is 2. The molecule has 1 aromatic heterocycles. The molecule has 0 atom stereocenters. The summed E-state index contributed by atoms with van der Waals surface area (Å²) in [7, 11) is 0. The van der Waals surface area contributed by atoms with Crippen molar-refractivity contribution in [3.8, 4) is 0 Å². The number of rotatable bonds is 0. The minimum absolute atomic E-state index is 0.105. The summed E-state index contributed by atoms with van der Waals surface area (Å²) in [4.78, 5) is 3.65. The highest BCUT2D eigenvalue weighted by Gasteiger charge is 1.97. The van der Waals surface area contributed by atoms with Crippen molar-refractivity contribution in [3.05, 3.63) is 3.70 Å². The number of nitrogens with zero attached hydrogens (tertiary/aromatic N) is 3. The highest BCUT2D eigenvalue weighted by molar-refractivity contribution is 14.1. The first-order valence-electron chi connectivity index (χ1n) is 2.11. The van der Waals surface area contributed by atoms with Crippen LogP contribution in [-0.2, 0) is 0 Å². The molecule has 0 saturated heterocycles. The van der Waals surface area contributed by atoms with E-state index in [1.165, 1.54) is 0 Å². The van der Waals surface area contributed by atoms with Gasteiger partial charge >= 0.3 is 0 Å². The molecule has 4 N–H and O–H groups in total. The molecule has 0 aliphatic rings. The zero-order valence-electron chi connectivity index (χ0n) is 4.37. The van der Waals surface area contributed by atoms with Crippen LogP contribution in [0, 0.1) is 3.70 Å². The van der Waals surface area contributed by atoms with E-state index in [2.05, 4.69) is 15.2 Å². The Labute approximate surface area is 65.0 Å². The molecular formula is C3H4IN5. The molecule has 0 fully saturated rings. The van der Waals surface area contributed by atoms with Crippen LogP contribution in [0.25, 0.3) is 0 Å². The van der Waals surface area contributed by atoms with Crippen molar-refractivity contribution >= 4 is 34.4 Å². The summed E-state index contributed by atoms with van der Waals surface area (Å²) in [5, 5.41) is 7.07. The fourth-order valence-corrected chi connectivity index (χ4v) is 0.567. The van der Waals surface area contributed by atoms with E-state index in [4.69, 9.17) is 11.5 Å². The van der Waals surface area contributed by atoms with E-state index >= 15 is 0 Å². The van der Waals surface area contributed by atoms with Crippen molar-refractivity contribution < 1.29 is 0 Å². The highest BCUT2D eigenvalue weighted by atomic mass is 127. The first-order valence-corrected chi connectivity index (χ1v) is 3.19. The molecule has 48 valence electrons. The Bertz CT molecular complexity index is 223. The smallest absolute Gasteiger partial charge is 0.242 e. The van der Waals surface area contributed by atoms with Crippen molar-refractivity contribution in [2.24, 2.45) is 0 Å². The van der Waals surface area contributed by atoms with Gasteiger partial charge in [-0.05, 0) is 22.6 Å². The summed E-state index contributed by atoms with van der Waals surface area (Å²) in [5.41, 5.74) is 10.5. The Kier molecular flexibility index (Phi) is 1.65. The normalized spacial score (nSPS) is 9.44. The van der Waals surface area contributed by atoms with Gasteiger partial charge in [-0.15, -0.1) is 10.2 Å². The molecule has 6 heteroatoms. The van der Waals surface area contributed by atoms with Crippen molar-refractivity contribution in [1.82, 2.24) is 15.2 Å². The van der Waals surface area contributed by atoms with Gasteiger partial charge in [0.1, 0.15) is 0 Å². The largest absolute Gasteiger partial charge is 0.381 e. The Balaban J connectivity index is 3.17. The molecule has 0 spiro atoms. The van der Waals surface area contributed by atoms with Crippen molar-refractivity contribution in [2.45, 2.75) is 0 Å². The summed E-state index contributed by atoms with van der Waals surface area (Å²) in [6.07, 6.45) is 0. The van der Waals surface area contributed by atoms with E-state index in [0.717, 1.165) is 0 Å². The fourth-order valence-electron chi connectivity index (χ4n) is 0.338. The molecule has 0 radical (unpaired) electrons. The number of halogens is 1. The molecule has 0 bridgehead atoms. The van der Waals surface area contributed by atoms with Gasteiger partial charge in [0, 0.05) is 0 Å². The standard InChI is InChI=1S/C3H4IN5/c4-1-2(5)7-3(6)9-8-1/h(H4,5,6,7,9). The van der Waals surface area contributed by atoms with Crippen LogP contribution in [0.1, 0.15) is 0 Å². The van der Waals surface area contributed by atoms with Crippen molar-refractivity contribution in [1.29, 1.82) is 0 Å². The number of hydrogen-bond acceptors (Lipinski definition) is 5. The maximum absolute atomic E-state index is 5.32. The quantitative estimate of drug-likeness (QED) is 0.601. The lowest BCUT2D eigenvalue weighted by Crippen LogP contribution is -2.03. The molecule has 0 aromatic carbocycles. The van der Waals surface area contributed by atoms with Crippen molar-refractivity contribution in [3.63, 3.8) is 0 Å². The predicted octanol–water partition coefficient (Wildman–Crippen LogP) is -0.359. The van der Waals surface area contributed by atoms with Crippen LogP contribution in [0.4, 0.5) is 11.8 Å². The first-order chi connectivity index (χ1) is 4.20. The van der Waals surface area contributed by atoms with Crippen LogP contribution in [0.15, 0.2) is 0 Å². The van der Waals surface area contributed by atoms with Crippen LogP contribution in [0.3, 0.4) is 0 Å². The number of nitrogens with two attached hydrogens (primary N) is 2. The lowest BCUT2D eigenvalue weighted by Gasteiger charge is -1.93. The summed E-state index contributed by atoms with van der Waals surface area (Å²) < 4.78 is 0.571.